The Hall–Kier alpha value is -0.650. The predicted molar refractivity (Wildman–Crippen MR) is 82.2 cm³/mol. The van der Waals surface area contributed by atoms with E-state index in [-0.39, 0.29) is 11.9 Å². The molecule has 0 saturated carbocycles. The third kappa shape index (κ3) is 4.41. The van der Waals surface area contributed by atoms with Gasteiger partial charge in [-0.3, -0.25) is 9.69 Å². The van der Waals surface area contributed by atoms with Crippen molar-refractivity contribution in [2.24, 2.45) is 5.92 Å². The summed E-state index contributed by atoms with van der Waals surface area (Å²) in [5.41, 5.74) is 0. The molecular formula is C16H29N3O2. The molecule has 0 aromatic carbocycles. The maximum atomic E-state index is 12.2. The number of rotatable bonds is 5. The molecular weight excluding hydrogens is 266 g/mol. The Morgan fingerprint density at radius 2 is 1.95 bits per heavy atom. The van der Waals surface area contributed by atoms with Crippen LogP contribution in [0.4, 0.5) is 0 Å². The fourth-order valence-corrected chi connectivity index (χ4v) is 4.15. The summed E-state index contributed by atoms with van der Waals surface area (Å²) >= 11 is 0. The van der Waals surface area contributed by atoms with Gasteiger partial charge in [-0.15, -0.1) is 0 Å². The largest absolute Gasteiger partial charge is 0.379 e. The Labute approximate surface area is 127 Å². The summed E-state index contributed by atoms with van der Waals surface area (Å²) in [6.45, 7) is 6.65. The van der Waals surface area contributed by atoms with E-state index in [9.17, 15) is 4.79 Å². The third-order valence-corrected chi connectivity index (χ3v) is 5.09. The van der Waals surface area contributed by atoms with Crippen molar-refractivity contribution in [2.75, 3.05) is 32.8 Å². The number of carbonyl (C=O) groups is 1. The van der Waals surface area contributed by atoms with Crippen LogP contribution in [0.15, 0.2) is 0 Å². The highest BCUT2D eigenvalue weighted by Crippen LogP contribution is 2.32. The zero-order valence-corrected chi connectivity index (χ0v) is 13.1. The molecule has 0 aromatic heterocycles. The molecule has 3 aliphatic rings. The lowest BCUT2D eigenvalue weighted by atomic mass is 9.89. The predicted octanol–water partition coefficient (Wildman–Crippen LogP) is 0.744. The zero-order valence-electron chi connectivity index (χ0n) is 13.1. The average molecular weight is 295 g/mol. The van der Waals surface area contributed by atoms with Crippen molar-refractivity contribution in [3.05, 3.63) is 0 Å². The van der Waals surface area contributed by atoms with Gasteiger partial charge in [0.1, 0.15) is 0 Å². The van der Waals surface area contributed by atoms with Crippen LogP contribution in [-0.4, -0.2) is 61.8 Å². The van der Waals surface area contributed by atoms with Gasteiger partial charge in [-0.1, -0.05) is 0 Å². The number of carbonyl (C=O) groups excluding carboxylic acids is 1. The molecule has 3 rings (SSSR count). The summed E-state index contributed by atoms with van der Waals surface area (Å²) in [4.78, 5) is 14.6. The second-order valence-corrected chi connectivity index (χ2v) is 7.06. The number of hydrogen-bond donors (Lipinski definition) is 2. The van der Waals surface area contributed by atoms with Crippen LogP contribution in [0, 0.1) is 5.92 Å². The van der Waals surface area contributed by atoms with E-state index in [1.807, 2.05) is 0 Å². The number of ether oxygens (including phenoxy) is 1. The van der Waals surface area contributed by atoms with E-state index < -0.39 is 0 Å². The number of morpholine rings is 1. The smallest absolute Gasteiger partial charge is 0.220 e. The highest BCUT2D eigenvalue weighted by Gasteiger charge is 2.34. The second-order valence-electron chi connectivity index (χ2n) is 7.06. The minimum absolute atomic E-state index is 0.231. The van der Waals surface area contributed by atoms with Crippen LogP contribution >= 0.6 is 0 Å². The molecule has 2 N–H and O–H groups in total. The molecule has 2 bridgehead atoms. The van der Waals surface area contributed by atoms with Gasteiger partial charge in [-0.2, -0.15) is 0 Å². The first-order valence-corrected chi connectivity index (χ1v) is 8.54. The van der Waals surface area contributed by atoms with Gasteiger partial charge >= 0.3 is 0 Å². The molecule has 1 amide bonds. The Kier molecular flexibility index (Phi) is 5.14. The quantitative estimate of drug-likeness (QED) is 0.786. The molecule has 3 atom stereocenters. The molecule has 21 heavy (non-hydrogen) atoms. The van der Waals surface area contributed by atoms with Crippen LogP contribution in [0.1, 0.15) is 39.0 Å². The molecule has 0 radical (unpaired) electrons. The SMILES string of the molecule is CC(CN1CCOCC1)NC(=O)CC1CC2CCC(C1)N2. The lowest BCUT2D eigenvalue weighted by Crippen LogP contribution is -2.46. The minimum Gasteiger partial charge on any atom is -0.379 e. The van der Waals surface area contributed by atoms with E-state index >= 15 is 0 Å². The van der Waals surface area contributed by atoms with Gasteiger partial charge in [0, 0.05) is 44.2 Å². The molecule has 3 saturated heterocycles. The maximum Gasteiger partial charge on any atom is 0.220 e. The van der Waals surface area contributed by atoms with Crippen LogP contribution < -0.4 is 10.6 Å². The van der Waals surface area contributed by atoms with Gasteiger partial charge in [0.2, 0.25) is 5.91 Å². The van der Waals surface area contributed by atoms with E-state index in [1.165, 1.54) is 25.7 Å². The molecule has 3 aliphatic heterocycles. The maximum absolute atomic E-state index is 12.2. The van der Waals surface area contributed by atoms with E-state index in [4.69, 9.17) is 4.74 Å². The summed E-state index contributed by atoms with van der Waals surface area (Å²) < 4.78 is 5.35. The van der Waals surface area contributed by atoms with Crippen molar-refractivity contribution in [2.45, 2.75) is 57.2 Å². The molecule has 120 valence electrons. The van der Waals surface area contributed by atoms with Crippen LogP contribution in [0.2, 0.25) is 0 Å². The lowest BCUT2D eigenvalue weighted by molar-refractivity contribution is -0.123. The topological polar surface area (TPSA) is 53.6 Å². The molecule has 5 nitrogen and oxygen atoms in total. The van der Waals surface area contributed by atoms with Crippen LogP contribution in [-0.2, 0) is 9.53 Å². The minimum atomic E-state index is 0.231. The van der Waals surface area contributed by atoms with Gasteiger partial charge in [0.15, 0.2) is 0 Å². The summed E-state index contributed by atoms with van der Waals surface area (Å²) in [7, 11) is 0. The highest BCUT2D eigenvalue weighted by molar-refractivity contribution is 5.76. The Morgan fingerprint density at radius 1 is 1.29 bits per heavy atom. The molecule has 3 heterocycles. The van der Waals surface area contributed by atoms with Gasteiger partial charge in [-0.05, 0) is 38.5 Å². The highest BCUT2D eigenvalue weighted by atomic mass is 16.5. The monoisotopic (exact) mass is 295 g/mol. The van der Waals surface area contributed by atoms with Gasteiger partial charge < -0.3 is 15.4 Å². The molecule has 0 aromatic rings. The third-order valence-electron chi connectivity index (χ3n) is 5.09. The lowest BCUT2D eigenvalue weighted by Gasteiger charge is -2.31. The van der Waals surface area contributed by atoms with Gasteiger partial charge in [-0.25, -0.2) is 0 Å². The van der Waals surface area contributed by atoms with Gasteiger partial charge in [0.25, 0.3) is 0 Å². The number of piperidine rings is 1. The molecule has 0 spiro atoms. The number of nitrogens with zero attached hydrogens (tertiary/aromatic N) is 1. The molecule has 0 aliphatic carbocycles. The first kappa shape index (κ1) is 15.3. The summed E-state index contributed by atoms with van der Waals surface area (Å²) in [5.74, 6) is 0.821. The molecule has 3 unspecified atom stereocenters. The van der Waals surface area contributed by atoms with E-state index in [0.29, 0.717) is 24.4 Å². The fraction of sp³-hybridized carbons (Fsp3) is 0.938. The second kappa shape index (κ2) is 7.07. The number of nitrogens with one attached hydrogen (secondary N) is 2. The first-order chi connectivity index (χ1) is 10.2. The van der Waals surface area contributed by atoms with Crippen LogP contribution in [0.5, 0.6) is 0 Å². The van der Waals surface area contributed by atoms with Gasteiger partial charge in [0.05, 0.1) is 13.2 Å². The number of hydrogen-bond acceptors (Lipinski definition) is 4. The van der Waals surface area contributed by atoms with Crippen LogP contribution in [0.25, 0.3) is 0 Å². The normalized spacial score (nSPS) is 34.6. The van der Waals surface area contributed by atoms with Crippen molar-refractivity contribution in [3.63, 3.8) is 0 Å². The van der Waals surface area contributed by atoms with Crippen molar-refractivity contribution in [1.82, 2.24) is 15.5 Å². The Balaban J connectivity index is 1.37. The summed E-state index contributed by atoms with van der Waals surface area (Å²) in [6.07, 6.45) is 5.68. The standard InChI is InChI=1S/C16H29N3O2/c1-12(11-19-4-6-21-7-5-19)17-16(20)10-13-8-14-2-3-15(9-13)18-14/h12-15,18H,2-11H2,1H3,(H,17,20). The Bertz CT molecular complexity index is 345. The van der Waals surface area contributed by atoms with E-state index in [0.717, 1.165) is 32.8 Å². The van der Waals surface area contributed by atoms with Crippen molar-refractivity contribution in [3.8, 4) is 0 Å². The molecule has 5 heteroatoms. The van der Waals surface area contributed by atoms with Crippen molar-refractivity contribution < 1.29 is 9.53 Å². The average Bonchev–Trinajstić information content (AvgIpc) is 2.78. The number of fused-ring (bicyclic) bond motifs is 2. The Morgan fingerprint density at radius 3 is 2.62 bits per heavy atom. The molecule has 3 fully saturated rings. The van der Waals surface area contributed by atoms with Crippen molar-refractivity contribution >= 4 is 5.91 Å². The van der Waals surface area contributed by atoms with Crippen molar-refractivity contribution in [1.29, 1.82) is 0 Å². The first-order valence-electron chi connectivity index (χ1n) is 8.54. The van der Waals surface area contributed by atoms with E-state index in [2.05, 4.69) is 22.5 Å². The summed E-state index contributed by atoms with van der Waals surface area (Å²) in [6, 6.07) is 1.58. The van der Waals surface area contributed by atoms with Crippen LogP contribution in [0.3, 0.4) is 0 Å². The zero-order chi connectivity index (χ0) is 14.7. The number of amides is 1. The van der Waals surface area contributed by atoms with E-state index in [1.54, 1.807) is 0 Å². The fourth-order valence-electron chi connectivity index (χ4n) is 4.15. The summed E-state index contributed by atoms with van der Waals surface area (Å²) in [5, 5.41) is 6.82.